The number of aromatic nitrogens is 3. The summed E-state index contributed by atoms with van der Waals surface area (Å²) >= 11 is 0. The predicted molar refractivity (Wildman–Crippen MR) is 93.7 cm³/mol. The van der Waals surface area contributed by atoms with E-state index in [-0.39, 0.29) is 0 Å². The Kier molecular flexibility index (Phi) is 5.60. The highest BCUT2D eigenvalue weighted by Crippen LogP contribution is 2.26. The summed E-state index contributed by atoms with van der Waals surface area (Å²) in [7, 11) is 6.20. The molecular formula is C18H27N5O. The molecule has 2 heterocycles. The van der Waals surface area contributed by atoms with E-state index >= 15 is 0 Å². The van der Waals surface area contributed by atoms with E-state index in [1.807, 2.05) is 29.9 Å². The number of hydrogen-bond donors (Lipinski definition) is 0. The van der Waals surface area contributed by atoms with Gasteiger partial charge in [0, 0.05) is 39.1 Å². The van der Waals surface area contributed by atoms with Crippen molar-refractivity contribution in [2.45, 2.75) is 19.1 Å². The summed E-state index contributed by atoms with van der Waals surface area (Å²) < 4.78 is 7.92. The van der Waals surface area contributed by atoms with Crippen molar-refractivity contribution >= 4 is 0 Å². The van der Waals surface area contributed by atoms with Crippen molar-refractivity contribution in [2.75, 3.05) is 40.3 Å². The van der Waals surface area contributed by atoms with Gasteiger partial charge in [-0.15, -0.1) is 5.10 Å². The Bertz CT molecular complexity index is 640. The van der Waals surface area contributed by atoms with Gasteiger partial charge in [-0.05, 0) is 19.7 Å². The Morgan fingerprint density at radius 3 is 2.79 bits per heavy atom. The number of fused-ring (bicyclic) bond motifs is 1. The number of benzene rings is 1. The SMILES string of the molecule is CN(C)CCN1Cc2nnn(C)c2C(COCc2ccccc2)C1. The van der Waals surface area contributed by atoms with Crippen LogP contribution in [0.15, 0.2) is 30.3 Å². The molecule has 1 aromatic heterocycles. The zero-order valence-electron chi connectivity index (χ0n) is 14.9. The van der Waals surface area contributed by atoms with Gasteiger partial charge in [0.1, 0.15) is 5.69 Å². The number of hydrogen-bond acceptors (Lipinski definition) is 5. The van der Waals surface area contributed by atoms with Gasteiger partial charge in [-0.2, -0.15) is 0 Å². The van der Waals surface area contributed by atoms with Crippen LogP contribution in [0.5, 0.6) is 0 Å². The number of aryl methyl sites for hydroxylation is 1. The molecule has 0 N–H and O–H groups in total. The van der Waals surface area contributed by atoms with E-state index in [0.717, 1.165) is 31.9 Å². The van der Waals surface area contributed by atoms with Gasteiger partial charge in [0.25, 0.3) is 0 Å². The van der Waals surface area contributed by atoms with E-state index in [2.05, 4.69) is 46.3 Å². The fourth-order valence-electron chi connectivity index (χ4n) is 3.23. The molecular weight excluding hydrogens is 302 g/mol. The molecule has 0 radical (unpaired) electrons. The highest BCUT2D eigenvalue weighted by atomic mass is 16.5. The highest BCUT2D eigenvalue weighted by Gasteiger charge is 2.29. The zero-order valence-corrected chi connectivity index (χ0v) is 14.9. The second-order valence-electron chi connectivity index (χ2n) is 6.78. The number of likely N-dealkylation sites (N-methyl/N-ethyl adjacent to an activating group) is 1. The standard InChI is InChI=1S/C18H27N5O/c1-21(2)9-10-23-11-16(18-17(12-23)19-20-22(18)3)14-24-13-15-7-5-4-6-8-15/h4-8,16H,9-14H2,1-3H3. The summed E-state index contributed by atoms with van der Waals surface area (Å²) in [6, 6.07) is 10.3. The van der Waals surface area contributed by atoms with Gasteiger partial charge in [-0.3, -0.25) is 9.58 Å². The second kappa shape index (κ2) is 7.88. The minimum absolute atomic E-state index is 0.319. The van der Waals surface area contributed by atoms with E-state index < -0.39 is 0 Å². The molecule has 130 valence electrons. The third kappa shape index (κ3) is 4.20. The van der Waals surface area contributed by atoms with Crippen molar-refractivity contribution in [1.82, 2.24) is 24.8 Å². The van der Waals surface area contributed by atoms with E-state index in [9.17, 15) is 0 Å². The average Bonchev–Trinajstić information content (AvgIpc) is 2.95. The first-order chi connectivity index (χ1) is 11.6. The molecule has 1 atom stereocenters. The van der Waals surface area contributed by atoms with Gasteiger partial charge < -0.3 is 9.64 Å². The third-order valence-electron chi connectivity index (χ3n) is 4.48. The molecule has 2 aromatic rings. The maximum absolute atomic E-state index is 6.01. The second-order valence-corrected chi connectivity index (χ2v) is 6.78. The molecule has 6 nitrogen and oxygen atoms in total. The molecule has 3 rings (SSSR count). The van der Waals surface area contributed by atoms with Crippen molar-refractivity contribution in [1.29, 1.82) is 0 Å². The van der Waals surface area contributed by atoms with E-state index in [4.69, 9.17) is 4.74 Å². The van der Waals surface area contributed by atoms with Gasteiger partial charge in [0.2, 0.25) is 0 Å². The Morgan fingerprint density at radius 2 is 2.04 bits per heavy atom. The fourth-order valence-corrected chi connectivity index (χ4v) is 3.23. The van der Waals surface area contributed by atoms with Crippen LogP contribution in [0.25, 0.3) is 0 Å². The molecule has 1 aliphatic rings. The molecule has 0 aliphatic carbocycles. The lowest BCUT2D eigenvalue weighted by Gasteiger charge is -2.32. The number of nitrogens with zero attached hydrogens (tertiary/aromatic N) is 5. The maximum Gasteiger partial charge on any atom is 0.100 e. The maximum atomic E-state index is 6.01. The van der Waals surface area contributed by atoms with Gasteiger partial charge in [-0.25, -0.2) is 0 Å². The minimum atomic E-state index is 0.319. The number of ether oxygens (including phenoxy) is 1. The Morgan fingerprint density at radius 1 is 1.25 bits per heavy atom. The molecule has 0 amide bonds. The zero-order chi connectivity index (χ0) is 16.9. The Hall–Kier alpha value is -1.76. The first kappa shape index (κ1) is 17.1. The molecule has 0 bridgehead atoms. The monoisotopic (exact) mass is 329 g/mol. The van der Waals surface area contributed by atoms with Crippen LogP contribution in [0.3, 0.4) is 0 Å². The summed E-state index contributed by atoms with van der Waals surface area (Å²) in [4.78, 5) is 4.67. The van der Waals surface area contributed by atoms with E-state index in [0.29, 0.717) is 19.1 Å². The lowest BCUT2D eigenvalue weighted by molar-refractivity contribution is 0.0830. The van der Waals surface area contributed by atoms with Crippen LogP contribution in [0.2, 0.25) is 0 Å². The topological polar surface area (TPSA) is 46.4 Å². The largest absolute Gasteiger partial charge is 0.376 e. The summed E-state index contributed by atoms with van der Waals surface area (Å²) in [5, 5.41) is 8.57. The Balaban J connectivity index is 1.62. The molecule has 24 heavy (non-hydrogen) atoms. The molecule has 6 heteroatoms. The minimum Gasteiger partial charge on any atom is -0.376 e. The van der Waals surface area contributed by atoms with Crippen LogP contribution in [0.1, 0.15) is 22.9 Å². The third-order valence-corrected chi connectivity index (χ3v) is 4.48. The fraction of sp³-hybridized carbons (Fsp3) is 0.556. The van der Waals surface area contributed by atoms with E-state index in [1.54, 1.807) is 0 Å². The van der Waals surface area contributed by atoms with Crippen LogP contribution in [0, 0.1) is 0 Å². The molecule has 0 saturated carbocycles. The smallest absolute Gasteiger partial charge is 0.100 e. The summed E-state index contributed by atoms with van der Waals surface area (Å²) in [6.45, 7) is 5.31. The first-order valence-corrected chi connectivity index (χ1v) is 8.50. The van der Waals surface area contributed by atoms with Crippen LogP contribution < -0.4 is 0 Å². The lowest BCUT2D eigenvalue weighted by atomic mass is 9.99. The summed E-state index contributed by atoms with van der Waals surface area (Å²) in [6.07, 6.45) is 0. The molecule has 1 unspecified atom stereocenters. The molecule has 1 aromatic carbocycles. The van der Waals surface area contributed by atoms with Gasteiger partial charge in [0.15, 0.2) is 0 Å². The van der Waals surface area contributed by atoms with Crippen molar-refractivity contribution in [3.8, 4) is 0 Å². The van der Waals surface area contributed by atoms with E-state index in [1.165, 1.54) is 11.3 Å². The quantitative estimate of drug-likeness (QED) is 0.770. The lowest BCUT2D eigenvalue weighted by Crippen LogP contribution is -2.39. The van der Waals surface area contributed by atoms with Gasteiger partial charge in [0.05, 0.1) is 18.9 Å². The first-order valence-electron chi connectivity index (χ1n) is 8.50. The van der Waals surface area contributed by atoms with Crippen molar-refractivity contribution in [3.05, 3.63) is 47.3 Å². The predicted octanol–water partition coefficient (Wildman–Crippen LogP) is 1.49. The average molecular weight is 329 g/mol. The van der Waals surface area contributed by atoms with Crippen LogP contribution >= 0.6 is 0 Å². The van der Waals surface area contributed by atoms with Crippen LogP contribution in [0.4, 0.5) is 0 Å². The van der Waals surface area contributed by atoms with Gasteiger partial charge in [-0.1, -0.05) is 35.5 Å². The summed E-state index contributed by atoms with van der Waals surface area (Å²) in [5.41, 5.74) is 3.53. The van der Waals surface area contributed by atoms with Crippen molar-refractivity contribution in [2.24, 2.45) is 7.05 Å². The molecule has 0 saturated heterocycles. The molecule has 0 spiro atoms. The Labute approximate surface area is 144 Å². The highest BCUT2D eigenvalue weighted by molar-refractivity contribution is 5.20. The molecule has 0 fully saturated rings. The normalized spacial score (nSPS) is 18.1. The van der Waals surface area contributed by atoms with Gasteiger partial charge >= 0.3 is 0 Å². The van der Waals surface area contributed by atoms with Crippen LogP contribution in [-0.2, 0) is 24.9 Å². The molecule has 1 aliphatic heterocycles. The summed E-state index contributed by atoms with van der Waals surface area (Å²) in [5.74, 6) is 0.319. The van der Waals surface area contributed by atoms with Crippen LogP contribution in [-0.4, -0.2) is 65.1 Å². The number of rotatable bonds is 7. The van der Waals surface area contributed by atoms with Crippen molar-refractivity contribution < 1.29 is 4.74 Å². The van der Waals surface area contributed by atoms with Crippen molar-refractivity contribution in [3.63, 3.8) is 0 Å².